The Morgan fingerprint density at radius 1 is 1.10 bits per heavy atom. The summed E-state index contributed by atoms with van der Waals surface area (Å²) in [5.41, 5.74) is 4.40. The molecular weight excluding hydrogens is 392 g/mol. The highest BCUT2D eigenvalue weighted by Gasteiger charge is 2.08. The number of amides is 1. The molecule has 3 rings (SSSR count). The normalized spacial score (nSPS) is 10.7. The van der Waals surface area contributed by atoms with Crippen molar-refractivity contribution in [2.75, 3.05) is 7.11 Å². The van der Waals surface area contributed by atoms with Crippen molar-refractivity contribution in [2.45, 2.75) is 6.61 Å². The van der Waals surface area contributed by atoms with E-state index in [1.165, 1.54) is 30.5 Å². The maximum absolute atomic E-state index is 12.0. The number of nitrogens with zero attached hydrogens (tertiary/aromatic N) is 1. The molecule has 0 saturated carbocycles. The maximum Gasteiger partial charge on any atom is 0.271 e. The lowest BCUT2D eigenvalue weighted by Crippen LogP contribution is -2.17. The molecular formula is C22H19ClN2O4. The number of carbonyl (C=O) groups is 1. The van der Waals surface area contributed by atoms with E-state index in [9.17, 15) is 9.90 Å². The second kappa shape index (κ2) is 9.61. The van der Waals surface area contributed by atoms with Crippen LogP contribution in [0.2, 0.25) is 5.02 Å². The van der Waals surface area contributed by atoms with Crippen molar-refractivity contribution in [1.29, 1.82) is 0 Å². The molecule has 0 bridgehead atoms. The van der Waals surface area contributed by atoms with E-state index in [2.05, 4.69) is 10.5 Å². The van der Waals surface area contributed by atoms with Gasteiger partial charge in [-0.2, -0.15) is 5.10 Å². The minimum absolute atomic E-state index is 0.0904. The third-order valence-electron chi connectivity index (χ3n) is 4.04. The number of phenols is 1. The van der Waals surface area contributed by atoms with Gasteiger partial charge >= 0.3 is 0 Å². The van der Waals surface area contributed by atoms with Gasteiger partial charge < -0.3 is 14.6 Å². The topological polar surface area (TPSA) is 80.2 Å². The molecule has 1 amide bonds. The molecule has 2 N–H and O–H groups in total. The van der Waals surface area contributed by atoms with Crippen molar-refractivity contribution >= 4 is 23.7 Å². The highest BCUT2D eigenvalue weighted by Crippen LogP contribution is 2.29. The minimum Gasteiger partial charge on any atom is -0.508 e. The van der Waals surface area contributed by atoms with Crippen molar-refractivity contribution in [3.8, 4) is 17.2 Å². The molecule has 0 aliphatic carbocycles. The van der Waals surface area contributed by atoms with Crippen LogP contribution >= 0.6 is 11.6 Å². The molecule has 0 radical (unpaired) electrons. The van der Waals surface area contributed by atoms with Gasteiger partial charge in [-0.3, -0.25) is 4.79 Å². The van der Waals surface area contributed by atoms with Crippen LogP contribution in [0.3, 0.4) is 0 Å². The van der Waals surface area contributed by atoms with Crippen LogP contribution in [0.25, 0.3) is 0 Å². The number of hydrogen-bond donors (Lipinski definition) is 2. The van der Waals surface area contributed by atoms with Gasteiger partial charge in [0.25, 0.3) is 5.91 Å². The summed E-state index contributed by atoms with van der Waals surface area (Å²) in [6, 6.07) is 18.6. The van der Waals surface area contributed by atoms with Gasteiger partial charge in [0.1, 0.15) is 12.4 Å². The first kappa shape index (κ1) is 20.2. The predicted octanol–water partition coefficient (Wildman–Crippen LogP) is 4.40. The predicted molar refractivity (Wildman–Crippen MR) is 112 cm³/mol. The Bertz CT molecular complexity index is 1020. The van der Waals surface area contributed by atoms with E-state index in [0.717, 1.165) is 5.56 Å². The molecule has 148 valence electrons. The molecule has 0 aromatic heterocycles. The summed E-state index contributed by atoms with van der Waals surface area (Å²) < 4.78 is 11.2. The fourth-order valence-electron chi connectivity index (χ4n) is 2.50. The van der Waals surface area contributed by atoms with Crippen LogP contribution < -0.4 is 14.9 Å². The van der Waals surface area contributed by atoms with Crippen molar-refractivity contribution in [2.24, 2.45) is 5.10 Å². The molecule has 0 aliphatic heterocycles. The van der Waals surface area contributed by atoms with Crippen molar-refractivity contribution in [1.82, 2.24) is 5.43 Å². The van der Waals surface area contributed by atoms with Gasteiger partial charge in [-0.05, 0) is 54.1 Å². The number of halogens is 1. The van der Waals surface area contributed by atoms with Crippen LogP contribution in [0.1, 0.15) is 21.5 Å². The summed E-state index contributed by atoms with van der Waals surface area (Å²) >= 11 is 6.17. The zero-order valence-corrected chi connectivity index (χ0v) is 16.4. The molecule has 3 aromatic carbocycles. The van der Waals surface area contributed by atoms with E-state index in [0.29, 0.717) is 27.6 Å². The average Bonchev–Trinajstić information content (AvgIpc) is 2.73. The second-order valence-electron chi connectivity index (χ2n) is 6.04. The number of hydrogen-bond acceptors (Lipinski definition) is 5. The summed E-state index contributed by atoms with van der Waals surface area (Å²) in [5, 5.41) is 13.9. The number of carbonyl (C=O) groups excluding carboxylic acids is 1. The van der Waals surface area contributed by atoms with Gasteiger partial charge in [0.15, 0.2) is 11.5 Å². The first-order valence-electron chi connectivity index (χ1n) is 8.73. The van der Waals surface area contributed by atoms with Crippen molar-refractivity contribution in [3.63, 3.8) is 0 Å². The number of hydrazone groups is 1. The molecule has 0 aliphatic rings. The number of benzene rings is 3. The summed E-state index contributed by atoms with van der Waals surface area (Å²) in [4.78, 5) is 12.0. The Balaban J connectivity index is 1.67. The molecule has 0 fully saturated rings. The second-order valence-corrected chi connectivity index (χ2v) is 6.44. The summed E-state index contributed by atoms with van der Waals surface area (Å²) in [6.07, 6.45) is 1.50. The Hall–Kier alpha value is -3.51. The molecule has 29 heavy (non-hydrogen) atoms. The van der Waals surface area contributed by atoms with E-state index in [4.69, 9.17) is 21.1 Å². The minimum atomic E-state index is -0.384. The Morgan fingerprint density at radius 2 is 1.86 bits per heavy atom. The lowest BCUT2D eigenvalue weighted by molar-refractivity contribution is 0.0955. The van der Waals surface area contributed by atoms with E-state index in [1.807, 2.05) is 18.2 Å². The number of methoxy groups -OCH3 is 1. The molecule has 0 unspecified atom stereocenters. The summed E-state index contributed by atoms with van der Waals surface area (Å²) in [5.74, 6) is 0.807. The van der Waals surface area contributed by atoms with Gasteiger partial charge in [-0.25, -0.2) is 5.43 Å². The fourth-order valence-corrected chi connectivity index (χ4v) is 2.69. The van der Waals surface area contributed by atoms with Crippen LogP contribution in [0.5, 0.6) is 17.2 Å². The van der Waals surface area contributed by atoms with Crippen molar-refractivity contribution in [3.05, 3.63) is 88.4 Å². The summed E-state index contributed by atoms with van der Waals surface area (Å²) in [6.45, 7) is 0.286. The number of nitrogens with one attached hydrogen (secondary N) is 1. The molecule has 0 heterocycles. The fraction of sp³-hybridized carbons (Fsp3) is 0.0909. The molecule has 3 aromatic rings. The molecule has 7 heteroatoms. The smallest absolute Gasteiger partial charge is 0.271 e. The van der Waals surface area contributed by atoms with Crippen LogP contribution in [0.15, 0.2) is 71.8 Å². The average molecular weight is 411 g/mol. The van der Waals surface area contributed by atoms with E-state index >= 15 is 0 Å². The van der Waals surface area contributed by atoms with E-state index in [-0.39, 0.29) is 18.3 Å². The maximum atomic E-state index is 12.0. The number of ether oxygens (including phenoxy) is 2. The van der Waals surface area contributed by atoms with Gasteiger partial charge in [0.05, 0.1) is 13.3 Å². The Morgan fingerprint density at radius 3 is 2.59 bits per heavy atom. The van der Waals surface area contributed by atoms with Gasteiger partial charge in [-0.15, -0.1) is 0 Å². The SMILES string of the molecule is COc1ccc(/C=N/NC(=O)c2ccc(O)cc2)cc1OCc1ccccc1Cl. The van der Waals surface area contributed by atoms with Gasteiger partial charge in [0.2, 0.25) is 0 Å². The van der Waals surface area contributed by atoms with Gasteiger partial charge in [-0.1, -0.05) is 29.8 Å². The lowest BCUT2D eigenvalue weighted by Gasteiger charge is -2.12. The molecule has 0 atom stereocenters. The third-order valence-corrected chi connectivity index (χ3v) is 4.41. The highest BCUT2D eigenvalue weighted by molar-refractivity contribution is 6.31. The third kappa shape index (κ3) is 5.49. The zero-order valence-electron chi connectivity index (χ0n) is 15.6. The molecule has 0 saturated heterocycles. The van der Waals surface area contributed by atoms with Gasteiger partial charge in [0, 0.05) is 16.1 Å². The Labute approximate surface area is 173 Å². The number of aromatic hydroxyl groups is 1. The number of rotatable bonds is 7. The zero-order chi connectivity index (χ0) is 20.6. The Kier molecular flexibility index (Phi) is 6.71. The lowest BCUT2D eigenvalue weighted by atomic mass is 10.2. The van der Waals surface area contributed by atoms with Crippen LogP contribution in [0.4, 0.5) is 0 Å². The standard InChI is InChI=1S/C22H19ClN2O4/c1-28-20-11-6-15(12-21(20)29-14-17-4-2-3-5-19(17)23)13-24-25-22(27)16-7-9-18(26)10-8-16/h2-13,26H,14H2,1H3,(H,25,27)/b24-13+. The molecule has 6 nitrogen and oxygen atoms in total. The van der Waals surface area contributed by atoms with E-state index < -0.39 is 0 Å². The van der Waals surface area contributed by atoms with Crippen molar-refractivity contribution < 1.29 is 19.4 Å². The monoisotopic (exact) mass is 410 g/mol. The van der Waals surface area contributed by atoms with Crippen LogP contribution in [-0.2, 0) is 6.61 Å². The van der Waals surface area contributed by atoms with Crippen LogP contribution in [0, 0.1) is 0 Å². The highest BCUT2D eigenvalue weighted by atomic mass is 35.5. The number of phenolic OH excluding ortho intramolecular Hbond substituents is 1. The van der Waals surface area contributed by atoms with Crippen LogP contribution in [-0.4, -0.2) is 24.3 Å². The molecule has 0 spiro atoms. The first-order chi connectivity index (χ1) is 14.1. The largest absolute Gasteiger partial charge is 0.508 e. The summed E-state index contributed by atoms with van der Waals surface area (Å²) in [7, 11) is 1.56. The van der Waals surface area contributed by atoms with E-state index in [1.54, 1.807) is 31.4 Å². The quantitative estimate of drug-likeness (QED) is 0.447. The first-order valence-corrected chi connectivity index (χ1v) is 9.11.